The lowest BCUT2D eigenvalue weighted by molar-refractivity contribution is -0.142. The Balaban J connectivity index is 1.75. The number of carbonyl (C=O) groups is 4. The molecule has 1 aromatic rings. The number of rotatable bonds is 9. The summed E-state index contributed by atoms with van der Waals surface area (Å²) in [5, 5.41) is 2.46. The number of nitrogens with zero attached hydrogens (tertiary/aromatic N) is 4. The van der Waals surface area contributed by atoms with Gasteiger partial charge in [0.1, 0.15) is 6.26 Å². The van der Waals surface area contributed by atoms with E-state index in [0.717, 1.165) is 4.31 Å². The Morgan fingerprint density at radius 1 is 1.03 bits per heavy atom. The van der Waals surface area contributed by atoms with Crippen LogP contribution in [0, 0.1) is 0 Å². The number of carbonyl (C=O) groups excluding carboxylic acids is 4. The van der Waals surface area contributed by atoms with E-state index in [2.05, 4.69) is 5.32 Å². The summed E-state index contributed by atoms with van der Waals surface area (Å²) in [6, 6.07) is 1.47. The Labute approximate surface area is 187 Å². The van der Waals surface area contributed by atoms with Gasteiger partial charge in [0.2, 0.25) is 27.7 Å². The molecule has 12 nitrogen and oxygen atoms in total. The third kappa shape index (κ3) is 6.79. The predicted molar refractivity (Wildman–Crippen MR) is 114 cm³/mol. The van der Waals surface area contributed by atoms with Crippen LogP contribution in [0.15, 0.2) is 23.0 Å². The highest BCUT2D eigenvalue weighted by molar-refractivity contribution is 7.89. The van der Waals surface area contributed by atoms with E-state index in [1.54, 1.807) is 4.90 Å². The van der Waals surface area contributed by atoms with Crippen molar-refractivity contribution < 1.29 is 32.0 Å². The van der Waals surface area contributed by atoms with Gasteiger partial charge in [0.15, 0.2) is 0 Å². The molecular weight excluding hydrogens is 442 g/mol. The number of hydrogen-bond donors (Lipinski definition) is 1. The van der Waals surface area contributed by atoms with Gasteiger partial charge in [-0.2, -0.15) is 4.31 Å². The molecule has 1 saturated heterocycles. The smallest absolute Gasteiger partial charge is 0.254 e. The Bertz CT molecular complexity index is 924. The van der Waals surface area contributed by atoms with Crippen molar-refractivity contribution in [2.45, 2.75) is 6.92 Å². The lowest BCUT2D eigenvalue weighted by Gasteiger charge is -2.36. The Kier molecular flexibility index (Phi) is 8.78. The summed E-state index contributed by atoms with van der Waals surface area (Å²) in [6.07, 6.45) is 2.61. The van der Waals surface area contributed by atoms with Crippen molar-refractivity contribution in [3.63, 3.8) is 0 Å². The molecule has 2 rings (SSSR count). The molecule has 13 heteroatoms. The van der Waals surface area contributed by atoms with Crippen LogP contribution >= 0.6 is 0 Å². The van der Waals surface area contributed by atoms with E-state index in [0.29, 0.717) is 5.56 Å². The van der Waals surface area contributed by atoms with E-state index in [1.807, 2.05) is 0 Å². The number of furan rings is 1. The molecule has 32 heavy (non-hydrogen) atoms. The minimum atomic E-state index is -3.45. The maximum Gasteiger partial charge on any atom is 0.254 e. The SMILES string of the molecule is CCS(=O)(=O)N(C)CC(=O)N1CCN(C(=O)CN(C)C(=O)CNC(=O)c2ccoc2)CC1. The van der Waals surface area contributed by atoms with E-state index in [9.17, 15) is 27.6 Å². The quantitative estimate of drug-likeness (QED) is 0.458. The van der Waals surface area contributed by atoms with Crippen LogP contribution in [0.4, 0.5) is 0 Å². The van der Waals surface area contributed by atoms with Crippen molar-refractivity contribution in [2.75, 3.05) is 65.7 Å². The highest BCUT2D eigenvalue weighted by atomic mass is 32.2. The number of hydrogen-bond acceptors (Lipinski definition) is 7. The predicted octanol–water partition coefficient (Wildman–Crippen LogP) is -1.58. The number of nitrogens with one attached hydrogen (secondary N) is 1. The molecule has 178 valence electrons. The molecule has 2 heterocycles. The van der Waals surface area contributed by atoms with Gasteiger partial charge in [-0.15, -0.1) is 0 Å². The van der Waals surface area contributed by atoms with Crippen LogP contribution in [0.25, 0.3) is 0 Å². The van der Waals surface area contributed by atoms with Crippen LogP contribution in [-0.2, 0) is 24.4 Å². The van der Waals surface area contributed by atoms with Crippen molar-refractivity contribution in [1.29, 1.82) is 0 Å². The standard InChI is InChI=1S/C19H29N5O7S/c1-4-32(29,30)22(3)13-18(27)24-8-6-23(7-9-24)17(26)12-21(2)16(25)11-20-19(28)15-5-10-31-14-15/h5,10,14H,4,6-9,11-13H2,1-3H3,(H,20,28). The number of amides is 4. The maximum atomic E-state index is 12.5. The Morgan fingerprint density at radius 2 is 1.59 bits per heavy atom. The molecule has 0 aromatic carbocycles. The summed E-state index contributed by atoms with van der Waals surface area (Å²) in [5.41, 5.74) is 0.294. The van der Waals surface area contributed by atoms with Crippen LogP contribution in [0.2, 0.25) is 0 Å². The first-order valence-electron chi connectivity index (χ1n) is 10.1. The molecule has 0 spiro atoms. The maximum absolute atomic E-state index is 12.5. The van der Waals surface area contributed by atoms with Crippen LogP contribution in [0.3, 0.4) is 0 Å². The Morgan fingerprint density at radius 3 is 2.09 bits per heavy atom. The number of likely N-dealkylation sites (N-methyl/N-ethyl adjacent to an activating group) is 2. The molecule has 0 radical (unpaired) electrons. The van der Waals surface area contributed by atoms with Gasteiger partial charge >= 0.3 is 0 Å². The van der Waals surface area contributed by atoms with Crippen molar-refractivity contribution in [3.05, 3.63) is 24.2 Å². The average molecular weight is 472 g/mol. The van der Waals surface area contributed by atoms with Crippen molar-refractivity contribution in [2.24, 2.45) is 0 Å². The first kappa shape index (κ1) is 25.3. The zero-order chi connectivity index (χ0) is 23.9. The minimum Gasteiger partial charge on any atom is -0.472 e. The van der Waals surface area contributed by atoms with Crippen molar-refractivity contribution in [1.82, 2.24) is 24.3 Å². The number of piperazine rings is 1. The lowest BCUT2D eigenvalue weighted by Crippen LogP contribution is -2.54. The van der Waals surface area contributed by atoms with Crippen molar-refractivity contribution >= 4 is 33.7 Å². The normalized spacial score (nSPS) is 14.4. The van der Waals surface area contributed by atoms with Gasteiger partial charge in [0, 0.05) is 40.3 Å². The topological polar surface area (TPSA) is 141 Å². The van der Waals surface area contributed by atoms with Crippen LogP contribution < -0.4 is 5.32 Å². The first-order valence-corrected chi connectivity index (χ1v) is 11.7. The van der Waals surface area contributed by atoms with Gasteiger partial charge in [0.25, 0.3) is 5.91 Å². The number of sulfonamides is 1. The second-order valence-electron chi connectivity index (χ2n) is 7.36. The summed E-state index contributed by atoms with van der Waals surface area (Å²) in [7, 11) is -0.620. The van der Waals surface area contributed by atoms with E-state index >= 15 is 0 Å². The molecule has 0 bridgehead atoms. The van der Waals surface area contributed by atoms with Crippen LogP contribution in [0.5, 0.6) is 0 Å². The monoisotopic (exact) mass is 471 g/mol. The largest absolute Gasteiger partial charge is 0.472 e. The fourth-order valence-corrected chi connectivity index (χ4v) is 3.74. The fraction of sp³-hybridized carbons (Fsp3) is 0.579. The third-order valence-corrected chi connectivity index (χ3v) is 6.97. The minimum absolute atomic E-state index is 0.0850. The van der Waals surface area contributed by atoms with Gasteiger partial charge in [-0.25, -0.2) is 8.42 Å². The molecule has 0 saturated carbocycles. The summed E-state index contributed by atoms with van der Waals surface area (Å²) < 4.78 is 29.4. The highest BCUT2D eigenvalue weighted by Gasteiger charge is 2.27. The molecule has 1 fully saturated rings. The van der Waals surface area contributed by atoms with Crippen LogP contribution in [0.1, 0.15) is 17.3 Å². The molecule has 1 aliphatic heterocycles. The van der Waals surface area contributed by atoms with Crippen molar-refractivity contribution in [3.8, 4) is 0 Å². The summed E-state index contributed by atoms with van der Waals surface area (Å²) in [4.78, 5) is 53.2. The summed E-state index contributed by atoms with van der Waals surface area (Å²) >= 11 is 0. The second-order valence-corrected chi connectivity index (χ2v) is 9.73. The lowest BCUT2D eigenvalue weighted by atomic mass is 10.3. The van der Waals surface area contributed by atoms with Gasteiger partial charge in [-0.05, 0) is 13.0 Å². The summed E-state index contributed by atoms with van der Waals surface area (Å²) in [5.74, 6) is -1.57. The van der Waals surface area contributed by atoms with Crippen LogP contribution in [-0.4, -0.2) is 117 Å². The zero-order valence-electron chi connectivity index (χ0n) is 18.4. The molecule has 0 atom stereocenters. The molecule has 1 N–H and O–H groups in total. The van der Waals surface area contributed by atoms with Gasteiger partial charge < -0.3 is 24.4 Å². The van der Waals surface area contributed by atoms with Gasteiger partial charge in [-0.3, -0.25) is 19.2 Å². The summed E-state index contributed by atoms with van der Waals surface area (Å²) in [6.45, 7) is 1.98. The molecule has 0 aliphatic carbocycles. The third-order valence-electron chi connectivity index (χ3n) is 5.16. The molecule has 1 aromatic heterocycles. The van der Waals surface area contributed by atoms with Gasteiger partial charge in [0.05, 0.1) is 37.2 Å². The molecule has 0 unspecified atom stereocenters. The molecule has 4 amide bonds. The second kappa shape index (κ2) is 11.1. The first-order chi connectivity index (χ1) is 15.0. The van der Waals surface area contributed by atoms with Gasteiger partial charge in [-0.1, -0.05) is 0 Å². The molecule has 1 aliphatic rings. The fourth-order valence-electron chi connectivity index (χ4n) is 2.99. The molecular formula is C19H29N5O7S. The van der Waals surface area contributed by atoms with E-state index in [4.69, 9.17) is 4.42 Å². The zero-order valence-corrected chi connectivity index (χ0v) is 19.3. The van der Waals surface area contributed by atoms with E-state index < -0.39 is 21.8 Å². The Hall–Kier alpha value is -2.93. The highest BCUT2D eigenvalue weighted by Crippen LogP contribution is 2.06. The average Bonchev–Trinajstić information content (AvgIpc) is 3.32. The van der Waals surface area contributed by atoms with E-state index in [1.165, 1.54) is 49.4 Å². The van der Waals surface area contributed by atoms with E-state index in [-0.39, 0.29) is 63.4 Å².